The highest BCUT2D eigenvalue weighted by molar-refractivity contribution is 5.80. The van der Waals surface area contributed by atoms with Crippen molar-refractivity contribution in [3.8, 4) is 0 Å². The zero-order valence-electron chi connectivity index (χ0n) is 11.4. The van der Waals surface area contributed by atoms with Crippen molar-refractivity contribution in [2.24, 2.45) is 5.41 Å². The molecule has 1 spiro atoms. The van der Waals surface area contributed by atoms with Crippen LogP contribution in [-0.4, -0.2) is 55.9 Å². The number of hydrogen-bond donors (Lipinski definition) is 0. The van der Waals surface area contributed by atoms with E-state index in [4.69, 9.17) is 0 Å². The van der Waals surface area contributed by atoms with Crippen molar-refractivity contribution in [2.75, 3.05) is 40.3 Å². The van der Waals surface area contributed by atoms with Crippen LogP contribution in [0.3, 0.4) is 0 Å². The highest BCUT2D eigenvalue weighted by atomic mass is 16.1. The number of ketones is 1. The molecule has 1 atom stereocenters. The van der Waals surface area contributed by atoms with E-state index in [9.17, 15) is 4.79 Å². The predicted molar refractivity (Wildman–Crippen MR) is 70.1 cm³/mol. The van der Waals surface area contributed by atoms with Crippen molar-refractivity contribution >= 4 is 5.78 Å². The fraction of sp³-hybridized carbons (Fsp3) is 0.929. The molecule has 2 aliphatic rings. The largest absolute Gasteiger partial charge is 0.309 e. The standard InChI is InChI=1S/C14H26N2O/c1-15(2)8-4-9-16-10-7-14(12-16)6-3-5-13(17)11-14/h3-12H2,1-2H3. The van der Waals surface area contributed by atoms with Crippen molar-refractivity contribution in [3.05, 3.63) is 0 Å². The summed E-state index contributed by atoms with van der Waals surface area (Å²) in [7, 11) is 4.26. The Hall–Kier alpha value is -0.410. The first-order valence-electron chi connectivity index (χ1n) is 6.98. The van der Waals surface area contributed by atoms with Gasteiger partial charge in [0.2, 0.25) is 0 Å². The molecule has 1 aliphatic heterocycles. The van der Waals surface area contributed by atoms with E-state index in [2.05, 4.69) is 23.9 Å². The molecule has 1 aliphatic carbocycles. The number of likely N-dealkylation sites (tertiary alicyclic amines) is 1. The van der Waals surface area contributed by atoms with Crippen LogP contribution in [-0.2, 0) is 4.79 Å². The molecule has 3 nitrogen and oxygen atoms in total. The minimum atomic E-state index is 0.369. The fourth-order valence-corrected chi connectivity index (χ4v) is 3.43. The Morgan fingerprint density at radius 1 is 1.35 bits per heavy atom. The lowest BCUT2D eigenvalue weighted by atomic mass is 9.73. The number of Topliss-reactive ketones (excluding diaryl/α,β-unsaturated/α-hetero) is 1. The normalized spacial score (nSPS) is 30.6. The van der Waals surface area contributed by atoms with Crippen molar-refractivity contribution in [1.29, 1.82) is 0 Å². The van der Waals surface area contributed by atoms with Crippen LogP contribution >= 0.6 is 0 Å². The third-order valence-electron chi connectivity index (χ3n) is 4.33. The Morgan fingerprint density at radius 3 is 2.88 bits per heavy atom. The van der Waals surface area contributed by atoms with Gasteiger partial charge < -0.3 is 9.80 Å². The maximum atomic E-state index is 11.6. The van der Waals surface area contributed by atoms with E-state index in [1.54, 1.807) is 0 Å². The Bertz CT molecular complexity index is 277. The average molecular weight is 238 g/mol. The molecule has 1 heterocycles. The quantitative estimate of drug-likeness (QED) is 0.746. The van der Waals surface area contributed by atoms with Crippen LogP contribution in [0.25, 0.3) is 0 Å². The Labute approximate surface area is 105 Å². The maximum Gasteiger partial charge on any atom is 0.133 e. The summed E-state index contributed by atoms with van der Waals surface area (Å²) in [6.07, 6.45) is 6.60. The third-order valence-corrected chi connectivity index (χ3v) is 4.33. The molecule has 1 saturated carbocycles. The van der Waals surface area contributed by atoms with Crippen LogP contribution in [0.4, 0.5) is 0 Å². The molecule has 1 unspecified atom stereocenters. The van der Waals surface area contributed by atoms with Gasteiger partial charge in [-0.2, -0.15) is 0 Å². The first-order valence-corrected chi connectivity index (χ1v) is 6.98. The minimum absolute atomic E-state index is 0.369. The van der Waals surface area contributed by atoms with Gasteiger partial charge in [0.1, 0.15) is 5.78 Å². The number of carbonyl (C=O) groups is 1. The summed E-state index contributed by atoms with van der Waals surface area (Å²) < 4.78 is 0. The van der Waals surface area contributed by atoms with Gasteiger partial charge in [-0.1, -0.05) is 0 Å². The van der Waals surface area contributed by atoms with Gasteiger partial charge in [-0.15, -0.1) is 0 Å². The molecule has 3 heteroatoms. The molecule has 98 valence electrons. The number of rotatable bonds is 4. The van der Waals surface area contributed by atoms with E-state index in [0.29, 0.717) is 11.2 Å². The van der Waals surface area contributed by atoms with E-state index in [1.807, 2.05) is 0 Å². The summed E-state index contributed by atoms with van der Waals surface area (Å²) in [5, 5.41) is 0. The second-order valence-electron chi connectivity index (χ2n) is 6.25. The molecule has 0 bridgehead atoms. The lowest BCUT2D eigenvalue weighted by molar-refractivity contribution is -0.123. The Balaban J connectivity index is 1.76. The minimum Gasteiger partial charge on any atom is -0.309 e. The Morgan fingerprint density at radius 2 is 2.18 bits per heavy atom. The monoisotopic (exact) mass is 238 g/mol. The van der Waals surface area contributed by atoms with Gasteiger partial charge >= 0.3 is 0 Å². The first-order chi connectivity index (χ1) is 8.10. The van der Waals surface area contributed by atoms with Crippen molar-refractivity contribution < 1.29 is 4.79 Å². The average Bonchev–Trinajstić information content (AvgIpc) is 2.60. The lowest BCUT2D eigenvalue weighted by Crippen LogP contribution is -2.33. The molecule has 0 aromatic heterocycles. The van der Waals surface area contributed by atoms with Crippen LogP contribution in [0.2, 0.25) is 0 Å². The van der Waals surface area contributed by atoms with Gasteiger partial charge in [-0.25, -0.2) is 0 Å². The first kappa shape index (κ1) is 13.0. The summed E-state index contributed by atoms with van der Waals surface area (Å²) in [5.41, 5.74) is 0.369. The summed E-state index contributed by atoms with van der Waals surface area (Å²) in [6.45, 7) is 4.75. The molecule has 0 aromatic carbocycles. The highest BCUT2D eigenvalue weighted by Gasteiger charge is 2.40. The summed E-state index contributed by atoms with van der Waals surface area (Å²) in [5.74, 6) is 0.506. The van der Waals surface area contributed by atoms with E-state index in [1.165, 1.54) is 45.4 Å². The van der Waals surface area contributed by atoms with E-state index in [-0.39, 0.29) is 0 Å². The number of carbonyl (C=O) groups excluding carboxylic acids is 1. The molecule has 0 N–H and O–H groups in total. The second kappa shape index (κ2) is 5.49. The SMILES string of the molecule is CN(C)CCCN1CCC2(CCCC(=O)C2)C1. The highest BCUT2D eigenvalue weighted by Crippen LogP contribution is 2.42. The number of hydrogen-bond acceptors (Lipinski definition) is 3. The number of nitrogens with zero attached hydrogens (tertiary/aromatic N) is 2. The van der Waals surface area contributed by atoms with E-state index >= 15 is 0 Å². The van der Waals surface area contributed by atoms with Crippen molar-refractivity contribution in [2.45, 2.75) is 38.5 Å². The van der Waals surface area contributed by atoms with Gasteiger partial charge in [-0.05, 0) is 64.8 Å². The molecule has 1 saturated heterocycles. The predicted octanol–water partition coefficient (Wildman–Crippen LogP) is 1.77. The van der Waals surface area contributed by atoms with Crippen molar-refractivity contribution in [1.82, 2.24) is 9.80 Å². The maximum absolute atomic E-state index is 11.6. The molecule has 2 fully saturated rings. The smallest absolute Gasteiger partial charge is 0.133 e. The van der Waals surface area contributed by atoms with E-state index < -0.39 is 0 Å². The molecular weight excluding hydrogens is 212 g/mol. The summed E-state index contributed by atoms with van der Waals surface area (Å²) in [4.78, 5) is 16.4. The van der Waals surface area contributed by atoms with Crippen LogP contribution < -0.4 is 0 Å². The summed E-state index contributed by atoms with van der Waals surface area (Å²) >= 11 is 0. The molecule has 17 heavy (non-hydrogen) atoms. The van der Waals surface area contributed by atoms with Gasteiger partial charge in [0.15, 0.2) is 0 Å². The fourth-order valence-electron chi connectivity index (χ4n) is 3.43. The molecule has 2 rings (SSSR count). The van der Waals surface area contributed by atoms with Gasteiger partial charge in [0.05, 0.1) is 0 Å². The van der Waals surface area contributed by atoms with Gasteiger partial charge in [-0.3, -0.25) is 4.79 Å². The van der Waals surface area contributed by atoms with Crippen LogP contribution in [0.15, 0.2) is 0 Å². The molecule has 0 aromatic rings. The van der Waals surface area contributed by atoms with Gasteiger partial charge in [0.25, 0.3) is 0 Å². The Kier molecular flexibility index (Phi) is 4.21. The van der Waals surface area contributed by atoms with Crippen LogP contribution in [0.5, 0.6) is 0 Å². The second-order valence-corrected chi connectivity index (χ2v) is 6.25. The molecular formula is C14H26N2O. The van der Waals surface area contributed by atoms with Gasteiger partial charge in [0, 0.05) is 19.4 Å². The molecule has 0 radical (unpaired) electrons. The lowest BCUT2D eigenvalue weighted by Gasteiger charge is -2.32. The zero-order valence-corrected chi connectivity index (χ0v) is 11.4. The zero-order chi connectivity index (χ0) is 12.3. The van der Waals surface area contributed by atoms with Crippen LogP contribution in [0.1, 0.15) is 38.5 Å². The molecule has 0 amide bonds. The van der Waals surface area contributed by atoms with Crippen LogP contribution in [0, 0.1) is 5.41 Å². The van der Waals surface area contributed by atoms with E-state index in [0.717, 1.165) is 19.3 Å². The van der Waals surface area contributed by atoms with Crippen molar-refractivity contribution in [3.63, 3.8) is 0 Å². The summed E-state index contributed by atoms with van der Waals surface area (Å²) in [6, 6.07) is 0. The third kappa shape index (κ3) is 3.52. The topological polar surface area (TPSA) is 23.6 Å².